The fraction of sp³-hybridized carbons (Fsp3) is 0.417. The summed E-state index contributed by atoms with van der Waals surface area (Å²) in [5, 5.41) is 13.3. The molecule has 5 rings (SSSR count). The number of halogens is 1. The van der Waals surface area contributed by atoms with E-state index in [-0.39, 0.29) is 30.1 Å². The molecule has 1 aromatic carbocycles. The Morgan fingerprint density at radius 1 is 1.24 bits per heavy atom. The number of fused-ring (bicyclic) bond motifs is 2. The molecule has 1 saturated carbocycles. The van der Waals surface area contributed by atoms with Crippen molar-refractivity contribution in [3.63, 3.8) is 0 Å². The summed E-state index contributed by atoms with van der Waals surface area (Å²) in [5.41, 5.74) is 1.90. The number of nitrogens with one attached hydrogen (secondary N) is 3. The zero-order chi connectivity index (χ0) is 23.7. The van der Waals surface area contributed by atoms with Crippen LogP contribution in [-0.4, -0.2) is 42.3 Å². The second-order valence-corrected chi connectivity index (χ2v) is 8.94. The van der Waals surface area contributed by atoms with Crippen molar-refractivity contribution in [1.29, 1.82) is 0 Å². The standard InChI is InChI=1S/C24H26FN5O4/c1-26-23(31)21-9-17(34-30-21)12-33-24(32)28-10-13-6-15-11-27-22(18(15)7-13)20-4-2-14-8-16(25)3-5-19(14)29-20/h2-5,8-9,13,15,18,22,27H,6-7,10-12H2,1H3,(H,26,31)(H,28,32)/t13-,15+,18-,22-/m0/s1. The van der Waals surface area contributed by atoms with E-state index in [1.807, 2.05) is 12.1 Å². The summed E-state index contributed by atoms with van der Waals surface area (Å²) in [6, 6.07) is 10.1. The Morgan fingerprint density at radius 3 is 2.97 bits per heavy atom. The summed E-state index contributed by atoms with van der Waals surface area (Å²) in [4.78, 5) is 28.4. The van der Waals surface area contributed by atoms with Crippen molar-refractivity contribution < 1.29 is 23.2 Å². The maximum absolute atomic E-state index is 13.5. The van der Waals surface area contributed by atoms with E-state index in [1.165, 1.54) is 25.2 Å². The number of ether oxygens (including phenoxy) is 1. The lowest BCUT2D eigenvalue weighted by Gasteiger charge is -2.19. The van der Waals surface area contributed by atoms with Crippen molar-refractivity contribution in [1.82, 2.24) is 26.1 Å². The first-order chi connectivity index (χ1) is 16.5. The van der Waals surface area contributed by atoms with Crippen molar-refractivity contribution in [2.75, 3.05) is 20.1 Å². The van der Waals surface area contributed by atoms with Crippen LogP contribution in [0.5, 0.6) is 0 Å². The number of alkyl carbamates (subject to hydrolysis) is 1. The SMILES string of the molecule is CNC(=O)c1cc(COC(=O)NC[C@H]2C[C@@H]3CN[C@H](c4ccc5cc(F)ccc5n4)[C@H]3C2)on1. The normalized spacial score (nSPS) is 23.6. The number of hydrogen-bond donors (Lipinski definition) is 3. The molecule has 2 aromatic heterocycles. The summed E-state index contributed by atoms with van der Waals surface area (Å²) in [6.07, 6.45) is 1.46. The van der Waals surface area contributed by atoms with Crippen molar-refractivity contribution in [3.8, 4) is 0 Å². The van der Waals surface area contributed by atoms with Gasteiger partial charge in [0.2, 0.25) is 0 Å². The lowest BCUT2D eigenvalue weighted by molar-refractivity contribution is 0.0952. The summed E-state index contributed by atoms with van der Waals surface area (Å²) in [5.74, 6) is 0.976. The minimum atomic E-state index is -0.534. The number of nitrogens with zero attached hydrogens (tertiary/aromatic N) is 2. The second kappa shape index (κ2) is 9.38. The molecule has 4 atom stereocenters. The first-order valence-electron chi connectivity index (χ1n) is 11.4. The summed E-state index contributed by atoms with van der Waals surface area (Å²) < 4.78 is 23.7. The van der Waals surface area contributed by atoms with E-state index >= 15 is 0 Å². The van der Waals surface area contributed by atoms with Crippen molar-refractivity contribution >= 4 is 22.9 Å². The number of carbonyl (C=O) groups excluding carboxylic acids is 2. The highest BCUT2D eigenvalue weighted by Gasteiger charge is 2.44. The Kier molecular flexibility index (Phi) is 6.14. The Bertz CT molecular complexity index is 1220. The lowest BCUT2D eigenvalue weighted by Crippen LogP contribution is -2.30. The summed E-state index contributed by atoms with van der Waals surface area (Å²) >= 11 is 0. The Morgan fingerprint density at radius 2 is 2.12 bits per heavy atom. The lowest BCUT2D eigenvalue weighted by atomic mass is 9.91. The van der Waals surface area contributed by atoms with Crippen LogP contribution in [-0.2, 0) is 11.3 Å². The number of carbonyl (C=O) groups is 2. The predicted molar refractivity (Wildman–Crippen MR) is 120 cm³/mol. The fourth-order valence-electron chi connectivity index (χ4n) is 5.16. The number of rotatable bonds is 6. The minimum absolute atomic E-state index is 0.102. The predicted octanol–water partition coefficient (Wildman–Crippen LogP) is 2.93. The molecule has 1 saturated heterocycles. The number of aromatic nitrogens is 2. The molecule has 2 aliphatic rings. The molecule has 0 bridgehead atoms. The Balaban J connectivity index is 1.12. The Hall–Kier alpha value is -3.53. The number of hydrogen-bond acceptors (Lipinski definition) is 7. The number of benzene rings is 1. The van der Waals surface area contributed by atoms with Crippen molar-refractivity contribution in [2.24, 2.45) is 17.8 Å². The topological polar surface area (TPSA) is 118 Å². The van der Waals surface area contributed by atoms with Crippen molar-refractivity contribution in [2.45, 2.75) is 25.5 Å². The van der Waals surface area contributed by atoms with Gasteiger partial charge in [-0.1, -0.05) is 11.2 Å². The van der Waals surface area contributed by atoms with E-state index in [9.17, 15) is 14.0 Å². The molecule has 0 unspecified atom stereocenters. The molecule has 3 N–H and O–H groups in total. The molecular weight excluding hydrogens is 441 g/mol. The van der Waals surface area contributed by atoms with Crippen LogP contribution in [0.4, 0.5) is 9.18 Å². The van der Waals surface area contributed by atoms with E-state index < -0.39 is 6.09 Å². The molecule has 2 amide bonds. The molecule has 10 heteroatoms. The van der Waals surface area contributed by atoms with Crippen LogP contribution in [0.1, 0.15) is 40.8 Å². The van der Waals surface area contributed by atoms with E-state index in [0.717, 1.165) is 36.0 Å². The quantitative estimate of drug-likeness (QED) is 0.510. The van der Waals surface area contributed by atoms with Gasteiger partial charge in [-0.05, 0) is 61.4 Å². The largest absolute Gasteiger partial charge is 0.441 e. The van der Waals surface area contributed by atoms with Gasteiger partial charge >= 0.3 is 6.09 Å². The van der Waals surface area contributed by atoms with E-state index in [0.29, 0.717) is 30.1 Å². The van der Waals surface area contributed by atoms with Gasteiger partial charge in [-0.15, -0.1) is 0 Å². The van der Waals surface area contributed by atoms with E-state index in [2.05, 4.69) is 21.1 Å². The van der Waals surface area contributed by atoms with Crippen LogP contribution < -0.4 is 16.0 Å². The molecule has 1 aliphatic heterocycles. The van der Waals surface area contributed by atoms with Crippen LogP contribution in [0.3, 0.4) is 0 Å². The Labute approximate surface area is 195 Å². The fourth-order valence-corrected chi connectivity index (χ4v) is 5.16. The molecule has 3 heterocycles. The van der Waals surface area contributed by atoms with E-state index in [1.54, 1.807) is 6.07 Å². The number of amides is 2. The smallest absolute Gasteiger partial charge is 0.407 e. The van der Waals surface area contributed by atoms with Gasteiger partial charge in [0.15, 0.2) is 18.1 Å². The third kappa shape index (κ3) is 4.58. The zero-order valence-corrected chi connectivity index (χ0v) is 18.7. The first kappa shape index (κ1) is 22.3. The molecule has 2 fully saturated rings. The third-order valence-electron chi connectivity index (χ3n) is 6.77. The summed E-state index contributed by atoms with van der Waals surface area (Å²) in [7, 11) is 1.50. The van der Waals surface area contributed by atoms with Crippen LogP contribution in [0.25, 0.3) is 10.9 Å². The molecular formula is C24H26FN5O4. The zero-order valence-electron chi connectivity index (χ0n) is 18.7. The monoisotopic (exact) mass is 467 g/mol. The van der Waals surface area contributed by atoms with Crippen molar-refractivity contribution in [3.05, 3.63) is 59.4 Å². The van der Waals surface area contributed by atoms with Crippen LogP contribution in [0.2, 0.25) is 0 Å². The van der Waals surface area contributed by atoms with Crippen LogP contribution in [0, 0.1) is 23.6 Å². The molecule has 1 aliphatic carbocycles. The molecule has 34 heavy (non-hydrogen) atoms. The molecule has 0 spiro atoms. The molecule has 9 nitrogen and oxygen atoms in total. The van der Waals surface area contributed by atoms with Gasteiger partial charge in [-0.25, -0.2) is 9.18 Å². The van der Waals surface area contributed by atoms with Gasteiger partial charge in [0.25, 0.3) is 5.91 Å². The average molecular weight is 468 g/mol. The van der Waals surface area contributed by atoms with Gasteiger partial charge in [0.1, 0.15) is 5.82 Å². The van der Waals surface area contributed by atoms with Gasteiger partial charge < -0.3 is 25.2 Å². The van der Waals surface area contributed by atoms with Gasteiger partial charge in [0.05, 0.1) is 17.3 Å². The highest BCUT2D eigenvalue weighted by molar-refractivity contribution is 5.91. The summed E-state index contributed by atoms with van der Waals surface area (Å²) in [6.45, 7) is 1.34. The molecule has 0 radical (unpaired) electrons. The first-order valence-corrected chi connectivity index (χ1v) is 11.4. The van der Waals surface area contributed by atoms with Crippen LogP contribution in [0.15, 0.2) is 40.9 Å². The van der Waals surface area contributed by atoms with Gasteiger partial charge in [-0.2, -0.15) is 0 Å². The van der Waals surface area contributed by atoms with Gasteiger partial charge in [0, 0.05) is 25.0 Å². The highest BCUT2D eigenvalue weighted by Crippen LogP contribution is 2.46. The second-order valence-electron chi connectivity index (χ2n) is 8.94. The molecule has 3 aromatic rings. The maximum Gasteiger partial charge on any atom is 0.407 e. The minimum Gasteiger partial charge on any atom is -0.441 e. The van der Waals surface area contributed by atoms with E-state index in [4.69, 9.17) is 14.2 Å². The molecule has 178 valence electrons. The maximum atomic E-state index is 13.5. The van der Waals surface area contributed by atoms with Gasteiger partial charge in [-0.3, -0.25) is 9.78 Å². The third-order valence-corrected chi connectivity index (χ3v) is 6.77. The highest BCUT2D eigenvalue weighted by atomic mass is 19.1. The van der Waals surface area contributed by atoms with Crippen LogP contribution >= 0.6 is 0 Å². The average Bonchev–Trinajstić information content (AvgIpc) is 3.56. The number of pyridine rings is 1.